The van der Waals surface area contributed by atoms with Gasteiger partial charge >= 0.3 is 0 Å². The van der Waals surface area contributed by atoms with E-state index >= 15 is 0 Å². The maximum atomic E-state index is 12.8. The van der Waals surface area contributed by atoms with Crippen LogP contribution in [0.15, 0.2) is 53.3 Å². The summed E-state index contributed by atoms with van der Waals surface area (Å²) in [6.07, 6.45) is 10.6. The first-order valence-corrected chi connectivity index (χ1v) is 9.43. The SMILES string of the molecule is O=C(CN(CC1CCCCC1)C(=O)/C=C/c1ccccc1)Nc1ccon1. The fourth-order valence-corrected chi connectivity index (χ4v) is 3.38. The molecule has 1 fully saturated rings. The largest absolute Gasteiger partial charge is 0.363 e. The maximum absolute atomic E-state index is 12.8. The van der Waals surface area contributed by atoms with Crippen LogP contribution in [-0.2, 0) is 9.59 Å². The second kappa shape index (κ2) is 9.71. The molecule has 1 N–H and O–H groups in total. The van der Waals surface area contributed by atoms with E-state index in [1.807, 2.05) is 30.3 Å². The number of anilines is 1. The molecule has 2 aromatic rings. The van der Waals surface area contributed by atoms with Crippen LogP contribution in [0.4, 0.5) is 5.82 Å². The van der Waals surface area contributed by atoms with Gasteiger partial charge in [0.1, 0.15) is 12.8 Å². The van der Waals surface area contributed by atoms with Crippen LogP contribution in [0.3, 0.4) is 0 Å². The molecule has 0 unspecified atom stereocenters. The van der Waals surface area contributed by atoms with Gasteiger partial charge in [0.05, 0.1) is 0 Å². The number of benzene rings is 1. The number of hydrogen-bond acceptors (Lipinski definition) is 4. The fourth-order valence-electron chi connectivity index (χ4n) is 3.38. The molecular weight excluding hydrogens is 342 g/mol. The van der Waals surface area contributed by atoms with E-state index in [1.165, 1.54) is 25.5 Å². The van der Waals surface area contributed by atoms with E-state index in [0.717, 1.165) is 18.4 Å². The molecule has 0 radical (unpaired) electrons. The molecule has 142 valence electrons. The minimum Gasteiger partial charge on any atom is -0.363 e. The molecule has 1 aromatic heterocycles. The molecule has 1 aromatic carbocycles. The summed E-state index contributed by atoms with van der Waals surface area (Å²) in [5, 5.41) is 6.33. The first-order valence-electron chi connectivity index (χ1n) is 9.43. The van der Waals surface area contributed by atoms with Crippen LogP contribution < -0.4 is 5.32 Å². The van der Waals surface area contributed by atoms with Gasteiger partial charge in [0.15, 0.2) is 5.82 Å². The third-order valence-corrected chi connectivity index (χ3v) is 4.77. The molecule has 1 saturated carbocycles. The summed E-state index contributed by atoms with van der Waals surface area (Å²) in [7, 11) is 0. The van der Waals surface area contributed by atoms with Crippen molar-refractivity contribution in [1.82, 2.24) is 10.1 Å². The standard InChI is InChI=1S/C21H25N3O3/c25-20(22-19-13-14-27-23-19)16-24(15-18-9-5-2-6-10-18)21(26)12-11-17-7-3-1-4-8-17/h1,3-4,7-8,11-14,18H,2,5-6,9-10,15-16H2,(H,22,23,25)/b12-11+. The van der Waals surface area contributed by atoms with Crippen LogP contribution >= 0.6 is 0 Å². The van der Waals surface area contributed by atoms with Crippen molar-refractivity contribution >= 4 is 23.7 Å². The first kappa shape index (κ1) is 18.9. The summed E-state index contributed by atoms with van der Waals surface area (Å²) >= 11 is 0. The van der Waals surface area contributed by atoms with Crippen LogP contribution in [0, 0.1) is 5.92 Å². The van der Waals surface area contributed by atoms with Crippen molar-refractivity contribution in [1.29, 1.82) is 0 Å². The van der Waals surface area contributed by atoms with Gasteiger partial charge in [0, 0.05) is 18.7 Å². The molecule has 1 aliphatic carbocycles. The number of amides is 2. The van der Waals surface area contributed by atoms with Crippen LogP contribution in [0.1, 0.15) is 37.7 Å². The molecule has 0 atom stereocenters. The van der Waals surface area contributed by atoms with E-state index in [4.69, 9.17) is 4.52 Å². The Morgan fingerprint density at radius 2 is 1.93 bits per heavy atom. The van der Waals surface area contributed by atoms with Gasteiger partial charge in [-0.3, -0.25) is 9.59 Å². The van der Waals surface area contributed by atoms with Gasteiger partial charge in [-0.1, -0.05) is 54.8 Å². The second-order valence-corrected chi connectivity index (χ2v) is 6.90. The van der Waals surface area contributed by atoms with Gasteiger partial charge in [0.25, 0.3) is 0 Å². The molecule has 6 heteroatoms. The molecule has 2 amide bonds. The fraction of sp³-hybridized carbons (Fsp3) is 0.381. The highest BCUT2D eigenvalue weighted by Crippen LogP contribution is 2.24. The van der Waals surface area contributed by atoms with Crippen LogP contribution in [-0.4, -0.2) is 35.0 Å². The van der Waals surface area contributed by atoms with Crippen LogP contribution in [0.5, 0.6) is 0 Å². The van der Waals surface area contributed by atoms with Gasteiger partial charge in [-0.15, -0.1) is 0 Å². The Kier molecular flexibility index (Phi) is 6.79. The molecule has 6 nitrogen and oxygen atoms in total. The Labute approximate surface area is 159 Å². The third-order valence-electron chi connectivity index (χ3n) is 4.77. The van der Waals surface area contributed by atoms with E-state index in [-0.39, 0.29) is 18.4 Å². The second-order valence-electron chi connectivity index (χ2n) is 6.90. The zero-order chi connectivity index (χ0) is 18.9. The number of carbonyl (C=O) groups is 2. The number of nitrogens with one attached hydrogen (secondary N) is 1. The van der Waals surface area contributed by atoms with Crippen molar-refractivity contribution < 1.29 is 14.1 Å². The molecule has 1 aliphatic rings. The first-order chi connectivity index (χ1) is 13.2. The Morgan fingerprint density at radius 1 is 1.15 bits per heavy atom. The zero-order valence-electron chi connectivity index (χ0n) is 15.3. The number of hydrogen-bond donors (Lipinski definition) is 1. The zero-order valence-corrected chi connectivity index (χ0v) is 15.3. The summed E-state index contributed by atoms with van der Waals surface area (Å²) in [4.78, 5) is 26.7. The predicted molar refractivity (Wildman–Crippen MR) is 104 cm³/mol. The predicted octanol–water partition coefficient (Wildman–Crippen LogP) is 3.74. The normalized spacial score (nSPS) is 15.0. The van der Waals surface area contributed by atoms with Gasteiger partial charge in [-0.25, -0.2) is 0 Å². The Hall–Kier alpha value is -2.89. The van der Waals surface area contributed by atoms with E-state index in [2.05, 4.69) is 10.5 Å². The quantitative estimate of drug-likeness (QED) is 0.757. The minimum atomic E-state index is -0.277. The molecule has 0 spiro atoms. The average Bonchev–Trinajstić information content (AvgIpc) is 3.20. The van der Waals surface area contributed by atoms with Crippen LogP contribution in [0.25, 0.3) is 6.08 Å². The van der Waals surface area contributed by atoms with Crippen molar-refractivity contribution in [2.75, 3.05) is 18.4 Å². The molecule has 0 aliphatic heterocycles. The van der Waals surface area contributed by atoms with Crippen molar-refractivity contribution in [3.63, 3.8) is 0 Å². The van der Waals surface area contributed by atoms with E-state index in [0.29, 0.717) is 18.3 Å². The van der Waals surface area contributed by atoms with Crippen molar-refractivity contribution in [3.8, 4) is 0 Å². The van der Waals surface area contributed by atoms with Gasteiger partial charge in [-0.2, -0.15) is 0 Å². The highest BCUT2D eigenvalue weighted by molar-refractivity contribution is 5.97. The Balaban J connectivity index is 1.64. The number of nitrogens with zero attached hydrogens (tertiary/aromatic N) is 2. The van der Waals surface area contributed by atoms with Gasteiger partial charge in [0.2, 0.25) is 11.8 Å². The minimum absolute atomic E-state index is 0.00131. The summed E-state index contributed by atoms with van der Waals surface area (Å²) in [5.41, 5.74) is 0.954. The summed E-state index contributed by atoms with van der Waals surface area (Å²) in [5.74, 6) is 0.374. The lowest BCUT2D eigenvalue weighted by Crippen LogP contribution is -2.40. The number of carbonyl (C=O) groups excluding carboxylic acids is 2. The average molecular weight is 367 g/mol. The lowest BCUT2D eigenvalue weighted by molar-refractivity contribution is -0.131. The van der Waals surface area contributed by atoms with Crippen molar-refractivity contribution in [2.24, 2.45) is 5.92 Å². The van der Waals surface area contributed by atoms with E-state index < -0.39 is 0 Å². The molecule has 0 saturated heterocycles. The Bertz CT molecular complexity index is 750. The molecule has 3 rings (SSSR count). The van der Waals surface area contributed by atoms with E-state index in [9.17, 15) is 9.59 Å². The smallest absolute Gasteiger partial charge is 0.247 e. The third kappa shape index (κ3) is 6.09. The van der Waals surface area contributed by atoms with Gasteiger partial charge in [-0.05, 0) is 30.4 Å². The highest BCUT2D eigenvalue weighted by Gasteiger charge is 2.22. The summed E-state index contributed by atoms with van der Waals surface area (Å²) in [6, 6.07) is 11.2. The van der Waals surface area contributed by atoms with Gasteiger partial charge < -0.3 is 14.7 Å². The lowest BCUT2D eigenvalue weighted by Gasteiger charge is -2.28. The van der Waals surface area contributed by atoms with Crippen LogP contribution in [0.2, 0.25) is 0 Å². The number of aromatic nitrogens is 1. The lowest BCUT2D eigenvalue weighted by atomic mass is 9.89. The number of rotatable bonds is 7. The molecule has 0 bridgehead atoms. The summed E-state index contributed by atoms with van der Waals surface area (Å²) in [6.45, 7) is 0.603. The molecule has 1 heterocycles. The van der Waals surface area contributed by atoms with E-state index in [1.54, 1.807) is 23.1 Å². The molecule has 27 heavy (non-hydrogen) atoms. The van der Waals surface area contributed by atoms with Crippen molar-refractivity contribution in [3.05, 3.63) is 54.3 Å². The summed E-state index contributed by atoms with van der Waals surface area (Å²) < 4.78 is 4.72. The Morgan fingerprint density at radius 3 is 2.63 bits per heavy atom. The van der Waals surface area contributed by atoms with Crippen molar-refractivity contribution in [2.45, 2.75) is 32.1 Å². The maximum Gasteiger partial charge on any atom is 0.247 e. The molecular formula is C21H25N3O3. The monoisotopic (exact) mass is 367 g/mol. The highest BCUT2D eigenvalue weighted by atomic mass is 16.5. The topological polar surface area (TPSA) is 75.4 Å².